The molecule has 1 atom stereocenters. The van der Waals surface area contributed by atoms with E-state index in [2.05, 4.69) is 23.1 Å². The topological polar surface area (TPSA) is 18.5 Å². The molecule has 0 aromatic heterocycles. The number of para-hydroxylation sites is 2. The monoisotopic (exact) mass is 274 g/mol. The average molecular weight is 274 g/mol. The lowest BCUT2D eigenvalue weighted by Gasteiger charge is -2.31. The molecule has 0 N–H and O–H groups in total. The van der Waals surface area contributed by atoms with Gasteiger partial charge >= 0.3 is 0 Å². The molecule has 2 aromatic rings. The first-order valence-corrected chi connectivity index (χ1v) is 6.86. The van der Waals surface area contributed by atoms with Crippen LogP contribution in [0.2, 0.25) is 0 Å². The maximum atomic E-state index is 5.94. The second-order valence-corrected chi connectivity index (χ2v) is 6.50. The van der Waals surface area contributed by atoms with Gasteiger partial charge < -0.3 is 9.47 Å². The minimum absolute atomic E-state index is 0.203. The van der Waals surface area contributed by atoms with Crippen molar-refractivity contribution in [3.05, 3.63) is 60.7 Å². The molecule has 0 aliphatic heterocycles. The fourth-order valence-electron chi connectivity index (χ4n) is 1.57. The zero-order chi connectivity index (χ0) is 13.7. The summed E-state index contributed by atoms with van der Waals surface area (Å²) < 4.78 is 11.9. The molecule has 100 valence electrons. The molecule has 2 rings (SSSR count). The first-order valence-electron chi connectivity index (χ1n) is 6.28. The van der Waals surface area contributed by atoms with Crippen molar-refractivity contribution >= 4 is 9.24 Å². The molecule has 0 amide bonds. The van der Waals surface area contributed by atoms with Gasteiger partial charge in [0.05, 0.1) is 5.16 Å². The Morgan fingerprint density at radius 2 is 1.16 bits per heavy atom. The molecule has 2 aromatic carbocycles. The summed E-state index contributed by atoms with van der Waals surface area (Å²) in [5, 5.41) is -0.203. The molecule has 2 nitrogen and oxygen atoms in total. The largest absolute Gasteiger partial charge is 0.454 e. The number of hydrogen-bond donors (Lipinski definition) is 0. The van der Waals surface area contributed by atoms with Gasteiger partial charge in [0.15, 0.2) is 0 Å². The average Bonchev–Trinajstić information content (AvgIpc) is 2.39. The predicted molar refractivity (Wildman–Crippen MR) is 81.7 cm³/mol. The van der Waals surface area contributed by atoms with Crippen LogP contribution in [0.25, 0.3) is 0 Å². The van der Waals surface area contributed by atoms with Crippen LogP contribution in [-0.4, -0.2) is 11.4 Å². The molecule has 0 saturated heterocycles. The Kier molecular flexibility index (Phi) is 4.44. The second-order valence-electron chi connectivity index (χ2n) is 5.02. The van der Waals surface area contributed by atoms with Gasteiger partial charge in [-0.2, -0.15) is 0 Å². The van der Waals surface area contributed by atoms with Gasteiger partial charge in [-0.05, 0) is 38.1 Å². The summed E-state index contributed by atoms with van der Waals surface area (Å²) in [7, 11) is 2.77. The van der Waals surface area contributed by atoms with E-state index >= 15 is 0 Å². The highest BCUT2D eigenvalue weighted by atomic mass is 31.0. The van der Waals surface area contributed by atoms with E-state index in [-0.39, 0.29) is 11.4 Å². The van der Waals surface area contributed by atoms with Crippen LogP contribution in [0.4, 0.5) is 0 Å². The van der Waals surface area contributed by atoms with Gasteiger partial charge in [0.2, 0.25) is 6.29 Å². The van der Waals surface area contributed by atoms with Crippen molar-refractivity contribution in [1.29, 1.82) is 0 Å². The molecule has 0 heterocycles. The van der Waals surface area contributed by atoms with Gasteiger partial charge in [-0.3, -0.25) is 0 Å². The van der Waals surface area contributed by atoms with Crippen LogP contribution in [0.3, 0.4) is 0 Å². The first-order chi connectivity index (χ1) is 9.05. The van der Waals surface area contributed by atoms with Crippen LogP contribution >= 0.6 is 9.24 Å². The van der Waals surface area contributed by atoms with E-state index in [1.165, 1.54) is 0 Å². The quantitative estimate of drug-likeness (QED) is 0.603. The highest BCUT2D eigenvalue weighted by Gasteiger charge is 2.29. The summed E-state index contributed by atoms with van der Waals surface area (Å²) in [4.78, 5) is 0. The van der Waals surface area contributed by atoms with Crippen molar-refractivity contribution in [2.75, 3.05) is 0 Å². The summed E-state index contributed by atoms with van der Waals surface area (Å²) in [6, 6.07) is 19.4. The Morgan fingerprint density at radius 1 is 0.789 bits per heavy atom. The van der Waals surface area contributed by atoms with Gasteiger partial charge in [0, 0.05) is 0 Å². The molecule has 0 saturated carbocycles. The fourth-order valence-corrected chi connectivity index (χ4v) is 1.71. The third kappa shape index (κ3) is 4.25. The van der Waals surface area contributed by atoms with Gasteiger partial charge in [-0.15, -0.1) is 9.24 Å². The second kappa shape index (κ2) is 6.08. The van der Waals surface area contributed by atoms with Crippen LogP contribution in [0.5, 0.6) is 11.5 Å². The number of benzene rings is 2. The molecule has 0 aliphatic carbocycles. The van der Waals surface area contributed by atoms with Crippen molar-refractivity contribution in [2.45, 2.75) is 25.3 Å². The lowest BCUT2D eigenvalue weighted by atomic mass is 10.2. The zero-order valence-corrected chi connectivity index (χ0v) is 12.4. The van der Waals surface area contributed by atoms with Gasteiger partial charge in [0.25, 0.3) is 0 Å². The van der Waals surface area contributed by atoms with Crippen LogP contribution in [0, 0.1) is 0 Å². The fraction of sp³-hybridized carbons (Fsp3) is 0.250. The van der Waals surface area contributed by atoms with E-state index < -0.39 is 0 Å². The Morgan fingerprint density at radius 3 is 1.47 bits per heavy atom. The Bertz CT molecular complexity index is 450. The minimum Gasteiger partial charge on any atom is -0.454 e. The molecule has 0 radical (unpaired) electrons. The van der Waals surface area contributed by atoms with Crippen molar-refractivity contribution in [1.82, 2.24) is 0 Å². The standard InChI is InChI=1S/C16H19O2P/c1-16(2,19)15(17-13-9-5-3-6-10-13)18-14-11-7-4-8-12-14/h3-12,15H,19H2,1-2H3. The highest BCUT2D eigenvalue weighted by molar-refractivity contribution is 7.18. The minimum atomic E-state index is -0.373. The van der Waals surface area contributed by atoms with Gasteiger partial charge in [-0.25, -0.2) is 0 Å². The summed E-state index contributed by atoms with van der Waals surface area (Å²) in [6.45, 7) is 4.13. The smallest absolute Gasteiger partial charge is 0.249 e. The van der Waals surface area contributed by atoms with E-state index in [9.17, 15) is 0 Å². The van der Waals surface area contributed by atoms with E-state index in [4.69, 9.17) is 9.47 Å². The molecule has 0 fully saturated rings. The number of hydrogen-bond acceptors (Lipinski definition) is 2. The van der Waals surface area contributed by atoms with Crippen molar-refractivity contribution in [3.63, 3.8) is 0 Å². The van der Waals surface area contributed by atoms with Crippen LogP contribution in [0.1, 0.15) is 13.8 Å². The lowest BCUT2D eigenvalue weighted by Crippen LogP contribution is -2.40. The number of ether oxygens (including phenoxy) is 2. The lowest BCUT2D eigenvalue weighted by molar-refractivity contribution is -0.0172. The molecule has 3 heteroatoms. The third-order valence-electron chi connectivity index (χ3n) is 2.58. The Labute approximate surface area is 117 Å². The van der Waals surface area contributed by atoms with E-state index in [0.717, 1.165) is 11.5 Å². The summed E-state index contributed by atoms with van der Waals surface area (Å²) in [5.41, 5.74) is 0. The van der Waals surface area contributed by atoms with Crippen LogP contribution < -0.4 is 9.47 Å². The zero-order valence-electron chi connectivity index (χ0n) is 11.2. The Balaban J connectivity index is 2.13. The molecule has 1 unspecified atom stereocenters. The van der Waals surface area contributed by atoms with Crippen LogP contribution in [-0.2, 0) is 0 Å². The molecule has 0 aliphatic rings. The highest BCUT2D eigenvalue weighted by Crippen LogP contribution is 2.28. The molecular weight excluding hydrogens is 255 g/mol. The summed E-state index contributed by atoms with van der Waals surface area (Å²) in [6.07, 6.45) is -0.373. The van der Waals surface area contributed by atoms with Gasteiger partial charge in [0.1, 0.15) is 11.5 Å². The molecular formula is C16H19O2P. The van der Waals surface area contributed by atoms with Crippen molar-refractivity contribution in [3.8, 4) is 11.5 Å². The maximum absolute atomic E-state index is 5.94. The maximum Gasteiger partial charge on any atom is 0.249 e. The van der Waals surface area contributed by atoms with Crippen molar-refractivity contribution in [2.24, 2.45) is 0 Å². The number of rotatable bonds is 5. The third-order valence-corrected chi connectivity index (χ3v) is 2.85. The normalized spacial score (nSPS) is 11.4. The van der Waals surface area contributed by atoms with E-state index in [1.54, 1.807) is 0 Å². The van der Waals surface area contributed by atoms with E-state index in [0.29, 0.717) is 0 Å². The molecule has 0 spiro atoms. The Hall–Kier alpha value is -1.53. The van der Waals surface area contributed by atoms with Crippen molar-refractivity contribution < 1.29 is 9.47 Å². The summed E-state index contributed by atoms with van der Waals surface area (Å²) in [5.74, 6) is 1.61. The van der Waals surface area contributed by atoms with E-state index in [1.807, 2.05) is 60.7 Å². The summed E-state index contributed by atoms with van der Waals surface area (Å²) >= 11 is 0. The van der Waals surface area contributed by atoms with Crippen LogP contribution in [0.15, 0.2) is 60.7 Å². The first kappa shape index (κ1) is 13.9. The SMILES string of the molecule is CC(C)(P)C(Oc1ccccc1)Oc1ccccc1. The molecule has 0 bridgehead atoms. The predicted octanol–water partition coefficient (Wildman–Crippen LogP) is 4.12. The molecule has 19 heavy (non-hydrogen) atoms. The van der Waals surface area contributed by atoms with Gasteiger partial charge in [-0.1, -0.05) is 36.4 Å².